The molecule has 2 aromatic rings. The zero-order chi connectivity index (χ0) is 32.4. The molecule has 2 aliphatic heterocycles. The molecule has 13 heteroatoms. The predicted molar refractivity (Wildman–Crippen MR) is 162 cm³/mol. The van der Waals surface area contributed by atoms with Gasteiger partial charge < -0.3 is 39.6 Å². The van der Waals surface area contributed by atoms with E-state index < -0.39 is 59.1 Å². The quantitative estimate of drug-likeness (QED) is 0.421. The summed E-state index contributed by atoms with van der Waals surface area (Å²) in [5.74, 6) is -1.69. The van der Waals surface area contributed by atoms with Crippen LogP contribution in [0.3, 0.4) is 0 Å². The highest BCUT2D eigenvalue weighted by Crippen LogP contribution is 2.45. The van der Waals surface area contributed by atoms with Crippen molar-refractivity contribution in [3.63, 3.8) is 0 Å². The van der Waals surface area contributed by atoms with Gasteiger partial charge in [-0.05, 0) is 69.7 Å². The Hall–Kier alpha value is -4.39. The number of pyridine rings is 1. The molecule has 5 atom stereocenters. The fourth-order valence-electron chi connectivity index (χ4n) is 5.82. The number of nitrogens with one attached hydrogen (secondary N) is 2. The molecule has 1 aliphatic carbocycles. The molecule has 1 saturated carbocycles. The standard InChI is InChI=1S/C32H40N4O9/c1-31(2,3)45-30(41)34-24-8-6-14-43-13-5-7-20-17-32(20,29(39)40)35-26(37)25-16-22(18-36(25)28(24)38)44-27-23-10-9-21(42-4)15-19(23)11-12-33-27/h5,7,9-12,15,20,22,24-25H,6,8,13-14,16-18H2,1-4H3,(H,34,41)(H,35,37)(H,39,40). The van der Waals surface area contributed by atoms with Crippen LogP contribution in [-0.2, 0) is 23.9 Å². The number of aliphatic carboxylic acids is 1. The Kier molecular flexibility index (Phi) is 9.19. The van der Waals surface area contributed by atoms with Crippen molar-refractivity contribution in [3.05, 3.63) is 42.6 Å². The van der Waals surface area contributed by atoms with E-state index in [1.165, 1.54) is 4.90 Å². The van der Waals surface area contributed by atoms with Gasteiger partial charge in [0, 0.05) is 30.5 Å². The Bertz CT molecular complexity index is 1490. The van der Waals surface area contributed by atoms with Crippen molar-refractivity contribution in [1.29, 1.82) is 0 Å². The second-order valence-electron chi connectivity index (χ2n) is 12.6. The van der Waals surface area contributed by atoms with Gasteiger partial charge in [-0.15, -0.1) is 0 Å². The smallest absolute Gasteiger partial charge is 0.408 e. The van der Waals surface area contributed by atoms with Gasteiger partial charge in [0.25, 0.3) is 0 Å². The van der Waals surface area contributed by atoms with E-state index in [-0.39, 0.29) is 32.4 Å². The van der Waals surface area contributed by atoms with Crippen molar-refractivity contribution in [1.82, 2.24) is 20.5 Å². The van der Waals surface area contributed by atoms with Crippen LogP contribution in [0.1, 0.15) is 46.5 Å². The first-order valence-electron chi connectivity index (χ1n) is 15.1. The number of carboxylic acids is 1. The van der Waals surface area contributed by atoms with Gasteiger partial charge in [0.15, 0.2) is 0 Å². The number of benzene rings is 1. The number of amides is 3. The molecule has 45 heavy (non-hydrogen) atoms. The molecule has 1 aromatic heterocycles. The number of methoxy groups -OCH3 is 1. The number of carbonyl (C=O) groups is 4. The Labute approximate surface area is 261 Å². The van der Waals surface area contributed by atoms with Crippen molar-refractivity contribution in [2.24, 2.45) is 5.92 Å². The van der Waals surface area contributed by atoms with Gasteiger partial charge >= 0.3 is 12.1 Å². The average Bonchev–Trinajstić information content (AvgIpc) is 3.51. The van der Waals surface area contributed by atoms with Crippen molar-refractivity contribution >= 4 is 34.6 Å². The highest BCUT2D eigenvalue weighted by Gasteiger charge is 2.61. The summed E-state index contributed by atoms with van der Waals surface area (Å²) in [7, 11) is 1.58. The summed E-state index contributed by atoms with van der Waals surface area (Å²) in [6.45, 7) is 5.72. The maximum Gasteiger partial charge on any atom is 0.408 e. The van der Waals surface area contributed by atoms with Crippen LogP contribution in [0.5, 0.6) is 11.6 Å². The lowest BCUT2D eigenvalue weighted by atomic mass is 10.1. The average molecular weight is 625 g/mol. The van der Waals surface area contributed by atoms with E-state index in [0.717, 1.165) is 10.8 Å². The highest BCUT2D eigenvalue weighted by atomic mass is 16.6. The first-order chi connectivity index (χ1) is 21.4. The number of alkyl carbamates (subject to hydrolysis) is 1. The van der Waals surface area contributed by atoms with Crippen LogP contribution >= 0.6 is 0 Å². The van der Waals surface area contributed by atoms with Gasteiger partial charge in [0.2, 0.25) is 17.7 Å². The molecular formula is C32H40N4O9. The molecule has 2 fully saturated rings. The van der Waals surface area contributed by atoms with E-state index in [2.05, 4.69) is 15.6 Å². The maximum absolute atomic E-state index is 14.1. The predicted octanol–water partition coefficient (Wildman–Crippen LogP) is 2.81. The monoisotopic (exact) mass is 624 g/mol. The van der Waals surface area contributed by atoms with Crippen LogP contribution < -0.4 is 20.1 Å². The number of carbonyl (C=O) groups excluding carboxylic acids is 3. The third-order valence-electron chi connectivity index (χ3n) is 8.16. The molecule has 13 nitrogen and oxygen atoms in total. The lowest BCUT2D eigenvalue weighted by molar-refractivity contribution is -0.145. The van der Waals surface area contributed by atoms with E-state index in [0.29, 0.717) is 24.7 Å². The zero-order valence-corrected chi connectivity index (χ0v) is 25.9. The fourth-order valence-corrected chi connectivity index (χ4v) is 5.82. The second-order valence-corrected chi connectivity index (χ2v) is 12.6. The summed E-state index contributed by atoms with van der Waals surface area (Å²) in [6.07, 6.45) is 4.64. The van der Waals surface area contributed by atoms with Crippen molar-refractivity contribution in [2.45, 2.75) is 75.8 Å². The Morgan fingerprint density at radius 2 is 2.02 bits per heavy atom. The molecular weight excluding hydrogens is 584 g/mol. The molecule has 1 saturated heterocycles. The van der Waals surface area contributed by atoms with E-state index >= 15 is 0 Å². The normalized spacial score (nSPS) is 27.3. The minimum absolute atomic E-state index is 0.0115. The van der Waals surface area contributed by atoms with Crippen LogP contribution in [0.25, 0.3) is 10.8 Å². The number of rotatable bonds is 5. The van der Waals surface area contributed by atoms with E-state index in [1.807, 2.05) is 18.2 Å². The molecule has 242 valence electrons. The van der Waals surface area contributed by atoms with Gasteiger partial charge in [-0.3, -0.25) is 9.59 Å². The SMILES string of the molecule is COc1ccc2c(OC3CC4C(=O)NC5(C(=O)O)CC5C=CCOCCCC(NC(=O)OC(C)(C)C)C(=O)N4C3)nccc2c1. The van der Waals surface area contributed by atoms with E-state index in [9.17, 15) is 24.3 Å². The Morgan fingerprint density at radius 3 is 2.76 bits per heavy atom. The second kappa shape index (κ2) is 12.9. The number of hydrogen-bond acceptors (Lipinski definition) is 9. The number of nitrogens with zero attached hydrogens (tertiary/aromatic N) is 2. The molecule has 1 aromatic carbocycles. The molecule has 3 aliphatic rings. The van der Waals surface area contributed by atoms with Crippen LogP contribution in [0, 0.1) is 5.92 Å². The number of ether oxygens (including phenoxy) is 4. The molecule has 3 N–H and O–H groups in total. The summed E-state index contributed by atoms with van der Waals surface area (Å²) in [6, 6.07) is 5.20. The fraction of sp³-hybridized carbons (Fsp3) is 0.531. The first kappa shape index (κ1) is 32.0. The van der Waals surface area contributed by atoms with Crippen LogP contribution in [0.2, 0.25) is 0 Å². The number of carboxylic acid groups (broad SMARTS) is 1. The third kappa shape index (κ3) is 7.30. The van der Waals surface area contributed by atoms with E-state index in [4.69, 9.17) is 18.9 Å². The lowest BCUT2D eigenvalue weighted by Gasteiger charge is -2.30. The minimum Gasteiger partial charge on any atom is -0.497 e. The highest BCUT2D eigenvalue weighted by molar-refractivity contribution is 5.96. The van der Waals surface area contributed by atoms with Crippen LogP contribution in [0.4, 0.5) is 4.79 Å². The van der Waals surface area contributed by atoms with Gasteiger partial charge in [0.05, 0.1) is 20.3 Å². The third-order valence-corrected chi connectivity index (χ3v) is 8.16. The maximum atomic E-state index is 14.1. The molecule has 5 rings (SSSR count). The summed E-state index contributed by atoms with van der Waals surface area (Å²) in [5.41, 5.74) is -2.27. The summed E-state index contributed by atoms with van der Waals surface area (Å²) >= 11 is 0. The Morgan fingerprint density at radius 1 is 1.22 bits per heavy atom. The minimum atomic E-state index is -1.48. The summed E-state index contributed by atoms with van der Waals surface area (Å²) in [5, 5.41) is 17.0. The van der Waals surface area contributed by atoms with Crippen molar-refractivity contribution < 1.29 is 43.2 Å². The molecule has 3 heterocycles. The van der Waals surface area contributed by atoms with Gasteiger partial charge in [-0.25, -0.2) is 14.6 Å². The van der Waals surface area contributed by atoms with Crippen molar-refractivity contribution in [3.8, 4) is 11.6 Å². The number of hydrogen-bond donors (Lipinski definition) is 3. The number of fused-ring (bicyclic) bond motifs is 3. The van der Waals surface area contributed by atoms with Crippen molar-refractivity contribution in [2.75, 3.05) is 26.9 Å². The van der Waals surface area contributed by atoms with E-state index in [1.54, 1.807) is 52.3 Å². The number of aromatic nitrogens is 1. The van der Waals surface area contributed by atoms with Gasteiger partial charge in [-0.1, -0.05) is 12.2 Å². The molecule has 0 radical (unpaired) electrons. The summed E-state index contributed by atoms with van der Waals surface area (Å²) < 4.78 is 22.7. The lowest BCUT2D eigenvalue weighted by Crippen LogP contribution is -2.56. The van der Waals surface area contributed by atoms with Crippen LogP contribution in [-0.4, -0.2) is 95.1 Å². The first-order valence-corrected chi connectivity index (χ1v) is 15.1. The molecule has 5 unspecified atom stereocenters. The van der Waals surface area contributed by atoms with Gasteiger partial charge in [0.1, 0.15) is 35.1 Å². The zero-order valence-electron chi connectivity index (χ0n) is 25.9. The van der Waals surface area contributed by atoms with Gasteiger partial charge in [-0.2, -0.15) is 0 Å². The largest absolute Gasteiger partial charge is 0.497 e. The topological polar surface area (TPSA) is 166 Å². The molecule has 3 amide bonds. The summed E-state index contributed by atoms with van der Waals surface area (Å²) in [4.78, 5) is 58.8. The Balaban J connectivity index is 1.44. The molecule has 0 spiro atoms. The van der Waals surface area contributed by atoms with Crippen LogP contribution in [0.15, 0.2) is 42.6 Å². The molecule has 0 bridgehead atoms.